The molecule has 0 saturated carbocycles. The number of hydrogen-bond acceptors (Lipinski definition) is 3. The smallest absolute Gasteiger partial charge is 0.306 e. The molecule has 0 aliphatic rings. The van der Waals surface area contributed by atoms with Crippen molar-refractivity contribution in [3.05, 3.63) is 60.8 Å². The van der Waals surface area contributed by atoms with E-state index < -0.39 is 5.97 Å². The van der Waals surface area contributed by atoms with Gasteiger partial charge in [0.1, 0.15) is 6.10 Å². The number of esters is 1. The first-order valence-corrected chi connectivity index (χ1v) is 18.8. The molecular formula is C41H70O4. The first kappa shape index (κ1) is 42.6. The lowest BCUT2D eigenvalue weighted by Crippen LogP contribution is -2.18. The minimum Gasteiger partial charge on any atom is -0.481 e. The van der Waals surface area contributed by atoms with Crippen molar-refractivity contribution in [1.29, 1.82) is 0 Å². The van der Waals surface area contributed by atoms with Crippen molar-refractivity contribution in [2.45, 2.75) is 187 Å². The van der Waals surface area contributed by atoms with Crippen molar-refractivity contribution >= 4 is 11.9 Å². The third-order valence-corrected chi connectivity index (χ3v) is 8.00. The number of rotatable bonds is 33. The van der Waals surface area contributed by atoms with Crippen LogP contribution in [0.15, 0.2) is 60.8 Å². The molecule has 0 bridgehead atoms. The molecule has 0 spiro atoms. The van der Waals surface area contributed by atoms with E-state index in [0.29, 0.717) is 12.8 Å². The third kappa shape index (κ3) is 36.0. The Morgan fingerprint density at radius 2 is 0.933 bits per heavy atom. The fourth-order valence-electron chi connectivity index (χ4n) is 5.25. The largest absolute Gasteiger partial charge is 0.481 e. The molecule has 0 saturated heterocycles. The molecule has 0 rings (SSSR count). The van der Waals surface area contributed by atoms with Gasteiger partial charge < -0.3 is 9.84 Å². The second kappa shape index (κ2) is 36.1. The molecule has 1 atom stereocenters. The van der Waals surface area contributed by atoms with Crippen LogP contribution in [0.4, 0.5) is 0 Å². The zero-order valence-electron chi connectivity index (χ0n) is 29.4. The maximum atomic E-state index is 12.5. The second-order valence-corrected chi connectivity index (χ2v) is 12.4. The molecule has 1 unspecified atom stereocenters. The number of carbonyl (C=O) groups excluding carboxylic acids is 1. The number of ether oxygens (including phenoxy) is 1. The Morgan fingerprint density at radius 3 is 1.44 bits per heavy atom. The topological polar surface area (TPSA) is 63.6 Å². The minimum absolute atomic E-state index is 0.00205. The first-order valence-electron chi connectivity index (χ1n) is 18.8. The van der Waals surface area contributed by atoms with Crippen LogP contribution in [0.25, 0.3) is 0 Å². The van der Waals surface area contributed by atoms with Gasteiger partial charge in [-0.3, -0.25) is 9.59 Å². The Hall–Kier alpha value is -2.36. The van der Waals surface area contributed by atoms with Gasteiger partial charge in [-0.15, -0.1) is 0 Å². The Morgan fingerprint density at radius 1 is 0.511 bits per heavy atom. The zero-order valence-corrected chi connectivity index (χ0v) is 29.4. The maximum Gasteiger partial charge on any atom is 0.306 e. The molecule has 0 radical (unpaired) electrons. The number of carboxylic acids is 1. The van der Waals surface area contributed by atoms with E-state index in [4.69, 9.17) is 9.84 Å². The monoisotopic (exact) mass is 627 g/mol. The molecule has 258 valence electrons. The van der Waals surface area contributed by atoms with Gasteiger partial charge in [-0.25, -0.2) is 0 Å². The molecule has 45 heavy (non-hydrogen) atoms. The quantitative estimate of drug-likeness (QED) is 0.0447. The lowest BCUT2D eigenvalue weighted by Gasteiger charge is -2.18. The molecule has 0 aliphatic carbocycles. The highest BCUT2D eigenvalue weighted by Crippen LogP contribution is 2.17. The summed E-state index contributed by atoms with van der Waals surface area (Å²) in [4.78, 5) is 23.0. The number of carbonyl (C=O) groups is 2. The van der Waals surface area contributed by atoms with E-state index in [1.807, 2.05) is 0 Å². The molecule has 0 aliphatic heterocycles. The summed E-state index contributed by atoms with van der Waals surface area (Å²) in [6.07, 6.45) is 49.9. The van der Waals surface area contributed by atoms with E-state index in [1.165, 1.54) is 51.4 Å². The molecule has 0 fully saturated rings. The van der Waals surface area contributed by atoms with Crippen molar-refractivity contribution in [3.63, 3.8) is 0 Å². The summed E-state index contributed by atoms with van der Waals surface area (Å²) < 4.78 is 5.89. The van der Waals surface area contributed by atoms with Crippen molar-refractivity contribution in [2.75, 3.05) is 0 Å². The van der Waals surface area contributed by atoms with Gasteiger partial charge in [-0.1, -0.05) is 152 Å². The van der Waals surface area contributed by atoms with Crippen LogP contribution in [0.3, 0.4) is 0 Å². The average molecular weight is 627 g/mol. The average Bonchev–Trinajstić information content (AvgIpc) is 3.02. The van der Waals surface area contributed by atoms with Crippen LogP contribution >= 0.6 is 0 Å². The third-order valence-electron chi connectivity index (χ3n) is 8.00. The Bertz CT molecular complexity index is 804. The van der Waals surface area contributed by atoms with Crippen LogP contribution in [0.1, 0.15) is 181 Å². The summed E-state index contributed by atoms with van der Waals surface area (Å²) in [6, 6.07) is 0. The molecule has 0 aromatic rings. The van der Waals surface area contributed by atoms with Crippen LogP contribution in [0.2, 0.25) is 0 Å². The lowest BCUT2D eigenvalue weighted by atomic mass is 10.0. The summed E-state index contributed by atoms with van der Waals surface area (Å²) >= 11 is 0. The molecular weight excluding hydrogens is 556 g/mol. The number of hydrogen-bond donors (Lipinski definition) is 1. The summed E-state index contributed by atoms with van der Waals surface area (Å²) in [5.74, 6) is -0.685. The van der Waals surface area contributed by atoms with Crippen molar-refractivity contribution in [1.82, 2.24) is 0 Å². The van der Waals surface area contributed by atoms with Gasteiger partial charge in [0.15, 0.2) is 0 Å². The maximum absolute atomic E-state index is 12.5. The van der Waals surface area contributed by atoms with Gasteiger partial charge in [-0.2, -0.15) is 0 Å². The molecule has 0 amide bonds. The molecule has 4 heteroatoms. The predicted molar refractivity (Wildman–Crippen MR) is 195 cm³/mol. The van der Waals surface area contributed by atoms with Gasteiger partial charge >= 0.3 is 11.9 Å². The summed E-state index contributed by atoms with van der Waals surface area (Å²) in [5, 5.41) is 8.68. The number of carboxylic acid groups (broad SMARTS) is 1. The van der Waals surface area contributed by atoms with E-state index in [9.17, 15) is 9.59 Å². The summed E-state index contributed by atoms with van der Waals surface area (Å²) in [6.45, 7) is 4.36. The number of unbranched alkanes of at least 4 members (excludes halogenated alkanes) is 14. The minimum atomic E-state index is -0.683. The number of aliphatic carboxylic acids is 1. The van der Waals surface area contributed by atoms with Gasteiger partial charge in [0, 0.05) is 12.8 Å². The Kier molecular flexibility index (Phi) is 34.2. The summed E-state index contributed by atoms with van der Waals surface area (Å²) in [5.41, 5.74) is 0. The lowest BCUT2D eigenvalue weighted by molar-refractivity contribution is -0.150. The van der Waals surface area contributed by atoms with E-state index >= 15 is 0 Å². The molecule has 0 heterocycles. The molecule has 4 nitrogen and oxygen atoms in total. The van der Waals surface area contributed by atoms with Crippen molar-refractivity contribution in [2.24, 2.45) is 0 Å². The molecule has 0 aromatic heterocycles. The van der Waals surface area contributed by atoms with Crippen LogP contribution in [0.5, 0.6) is 0 Å². The van der Waals surface area contributed by atoms with Gasteiger partial charge in [-0.05, 0) is 77.0 Å². The highest BCUT2D eigenvalue weighted by Gasteiger charge is 2.13. The van der Waals surface area contributed by atoms with Gasteiger partial charge in [0.05, 0.1) is 0 Å². The highest BCUT2D eigenvalue weighted by atomic mass is 16.5. The van der Waals surface area contributed by atoms with Crippen LogP contribution in [-0.4, -0.2) is 23.1 Å². The van der Waals surface area contributed by atoms with Crippen LogP contribution in [-0.2, 0) is 14.3 Å². The predicted octanol–water partition coefficient (Wildman–Crippen LogP) is 12.9. The van der Waals surface area contributed by atoms with Gasteiger partial charge in [0.25, 0.3) is 0 Å². The second-order valence-electron chi connectivity index (χ2n) is 12.4. The first-order chi connectivity index (χ1) is 22.1. The normalized spacial score (nSPS) is 12.9. The SMILES string of the molecule is CC/C=C\C/C=C\C/C=C\C/C=C\C/C=C\CCCCCCCC(=O)OC(CCCC)CCCCCCCCCCCC(=O)O. The fraction of sp³-hybridized carbons (Fsp3) is 0.707. The summed E-state index contributed by atoms with van der Waals surface area (Å²) in [7, 11) is 0. The van der Waals surface area contributed by atoms with E-state index in [-0.39, 0.29) is 12.1 Å². The van der Waals surface area contributed by atoms with E-state index in [0.717, 1.165) is 103 Å². The van der Waals surface area contributed by atoms with E-state index in [1.54, 1.807) is 0 Å². The van der Waals surface area contributed by atoms with E-state index in [2.05, 4.69) is 74.6 Å². The van der Waals surface area contributed by atoms with Gasteiger partial charge in [0.2, 0.25) is 0 Å². The van der Waals surface area contributed by atoms with Crippen LogP contribution in [0, 0.1) is 0 Å². The molecule has 0 aromatic carbocycles. The number of allylic oxidation sites excluding steroid dienone is 10. The molecule has 1 N–H and O–H groups in total. The van der Waals surface area contributed by atoms with Crippen LogP contribution < -0.4 is 0 Å². The Balaban J connectivity index is 3.73. The standard InChI is InChI=1S/C41H70O4/c1-3-5-7-8-9-10-11-12-13-14-15-16-17-18-19-20-21-25-28-31-34-38-41(44)45-39(35-6-4-2)36-32-29-26-23-22-24-27-30-33-37-40(42)43/h5,7,9-10,12-13,15-16,18-19,39H,3-4,6,8,11,14,17,20-38H2,1-2H3,(H,42,43)/b7-5-,10-9-,13-12-,16-15-,19-18-. The Labute approximate surface area is 278 Å². The van der Waals surface area contributed by atoms with Crippen molar-refractivity contribution < 1.29 is 19.4 Å². The van der Waals surface area contributed by atoms with Crippen molar-refractivity contribution in [3.8, 4) is 0 Å². The highest BCUT2D eigenvalue weighted by molar-refractivity contribution is 5.69. The zero-order chi connectivity index (χ0) is 32.9. The fourth-order valence-corrected chi connectivity index (χ4v) is 5.25.